The van der Waals surface area contributed by atoms with Crippen molar-refractivity contribution in [2.75, 3.05) is 20.1 Å². The molecule has 130 valence electrons. The van der Waals surface area contributed by atoms with E-state index >= 15 is 0 Å². The van der Waals surface area contributed by atoms with Crippen molar-refractivity contribution in [1.29, 1.82) is 0 Å². The van der Waals surface area contributed by atoms with E-state index in [2.05, 4.69) is 16.1 Å². The minimum atomic E-state index is -0.728. The molecule has 1 aliphatic carbocycles. The fourth-order valence-electron chi connectivity index (χ4n) is 3.45. The minimum absolute atomic E-state index is 0.0146. The molecule has 0 aromatic rings. The highest BCUT2D eigenvalue weighted by molar-refractivity contribution is 5.81. The molecule has 0 aromatic carbocycles. The lowest BCUT2D eigenvalue weighted by Crippen LogP contribution is -2.51. The summed E-state index contributed by atoms with van der Waals surface area (Å²) in [5.41, 5.74) is 0. The average Bonchev–Trinajstić information content (AvgIpc) is 2.55. The summed E-state index contributed by atoms with van der Waals surface area (Å²) in [5.74, 6) is 2.47. The van der Waals surface area contributed by atoms with Crippen molar-refractivity contribution in [2.45, 2.75) is 75.7 Å². The predicted molar refractivity (Wildman–Crippen MR) is 89.9 cm³/mol. The van der Waals surface area contributed by atoms with E-state index in [9.17, 15) is 9.90 Å². The SMILES string of the molecule is C#CCN(C)CCC1CCC(O)C(C(=O)NC2CCCCC2)O1. The number of amides is 1. The molecule has 2 rings (SSSR count). The molecule has 0 bridgehead atoms. The van der Waals surface area contributed by atoms with Crippen LogP contribution in [-0.4, -0.2) is 60.4 Å². The number of hydrogen-bond donors (Lipinski definition) is 2. The molecule has 3 atom stereocenters. The first-order valence-electron chi connectivity index (χ1n) is 8.86. The van der Waals surface area contributed by atoms with Crippen molar-refractivity contribution < 1.29 is 14.6 Å². The van der Waals surface area contributed by atoms with Gasteiger partial charge in [-0.05, 0) is 39.2 Å². The monoisotopic (exact) mass is 322 g/mol. The van der Waals surface area contributed by atoms with Crippen molar-refractivity contribution >= 4 is 5.91 Å². The molecule has 3 unspecified atom stereocenters. The minimum Gasteiger partial charge on any atom is -0.390 e. The van der Waals surface area contributed by atoms with Crippen molar-refractivity contribution in [1.82, 2.24) is 10.2 Å². The number of nitrogens with one attached hydrogen (secondary N) is 1. The highest BCUT2D eigenvalue weighted by Crippen LogP contribution is 2.23. The third-order valence-corrected chi connectivity index (χ3v) is 4.88. The molecule has 2 fully saturated rings. The fourth-order valence-corrected chi connectivity index (χ4v) is 3.45. The van der Waals surface area contributed by atoms with Gasteiger partial charge in [0.15, 0.2) is 6.10 Å². The van der Waals surface area contributed by atoms with Gasteiger partial charge in [0.1, 0.15) is 0 Å². The first kappa shape index (κ1) is 18.3. The van der Waals surface area contributed by atoms with Gasteiger partial charge < -0.3 is 15.2 Å². The number of aliphatic hydroxyl groups is 1. The van der Waals surface area contributed by atoms with Gasteiger partial charge >= 0.3 is 0 Å². The Kier molecular flexibility index (Phi) is 7.35. The topological polar surface area (TPSA) is 61.8 Å². The number of nitrogens with zero attached hydrogens (tertiary/aromatic N) is 1. The third-order valence-electron chi connectivity index (χ3n) is 4.88. The molecule has 5 heteroatoms. The Morgan fingerprint density at radius 1 is 1.30 bits per heavy atom. The van der Waals surface area contributed by atoms with Crippen molar-refractivity contribution in [3.63, 3.8) is 0 Å². The number of hydrogen-bond acceptors (Lipinski definition) is 4. The Balaban J connectivity index is 1.79. The van der Waals surface area contributed by atoms with Crippen LogP contribution in [0.4, 0.5) is 0 Å². The predicted octanol–water partition coefficient (Wildman–Crippen LogP) is 1.30. The largest absolute Gasteiger partial charge is 0.390 e. The number of carbonyl (C=O) groups excluding carboxylic acids is 1. The molecule has 2 aliphatic rings. The standard InChI is InChI=1S/C18H30N2O3/c1-3-12-20(2)13-11-15-9-10-16(21)17(23-15)18(22)19-14-7-5-4-6-8-14/h1,14-17,21H,4-13H2,2H3,(H,19,22). The average molecular weight is 322 g/mol. The molecule has 5 nitrogen and oxygen atoms in total. The van der Waals surface area contributed by atoms with E-state index in [1.54, 1.807) is 0 Å². The quantitative estimate of drug-likeness (QED) is 0.724. The maximum absolute atomic E-state index is 12.4. The molecule has 1 amide bonds. The van der Waals surface area contributed by atoms with Gasteiger partial charge in [0.25, 0.3) is 5.91 Å². The molecule has 23 heavy (non-hydrogen) atoms. The van der Waals surface area contributed by atoms with Crippen LogP contribution < -0.4 is 5.32 Å². The van der Waals surface area contributed by atoms with Crippen LogP contribution in [-0.2, 0) is 9.53 Å². The number of aliphatic hydroxyl groups excluding tert-OH is 1. The summed E-state index contributed by atoms with van der Waals surface area (Å²) in [6, 6.07) is 0.245. The first-order valence-corrected chi connectivity index (χ1v) is 8.86. The molecule has 0 radical (unpaired) electrons. The Morgan fingerprint density at radius 2 is 2.04 bits per heavy atom. The van der Waals surface area contributed by atoms with Crippen LogP contribution in [0.2, 0.25) is 0 Å². The van der Waals surface area contributed by atoms with Crippen LogP contribution in [0.5, 0.6) is 0 Å². The molecule has 1 saturated heterocycles. The Bertz CT molecular complexity index is 415. The third kappa shape index (κ3) is 5.80. The van der Waals surface area contributed by atoms with E-state index in [1.807, 2.05) is 7.05 Å². The molecule has 1 heterocycles. The summed E-state index contributed by atoms with van der Waals surface area (Å²) in [7, 11) is 1.98. The maximum atomic E-state index is 12.4. The molecule has 1 aliphatic heterocycles. The van der Waals surface area contributed by atoms with Crippen molar-refractivity contribution in [3.8, 4) is 12.3 Å². The lowest BCUT2D eigenvalue weighted by atomic mass is 9.94. The lowest BCUT2D eigenvalue weighted by Gasteiger charge is -2.35. The van der Waals surface area contributed by atoms with Gasteiger partial charge in [-0.15, -0.1) is 6.42 Å². The van der Waals surface area contributed by atoms with E-state index in [1.165, 1.54) is 19.3 Å². The second-order valence-electron chi connectivity index (χ2n) is 6.90. The van der Waals surface area contributed by atoms with Gasteiger partial charge in [0, 0.05) is 12.6 Å². The summed E-state index contributed by atoms with van der Waals surface area (Å²) in [5, 5.41) is 13.2. The normalized spacial score (nSPS) is 29.2. The van der Waals surface area contributed by atoms with Crippen molar-refractivity contribution in [2.24, 2.45) is 0 Å². The second kappa shape index (κ2) is 9.27. The maximum Gasteiger partial charge on any atom is 0.252 e. The van der Waals surface area contributed by atoms with Crippen LogP contribution in [0.25, 0.3) is 0 Å². The van der Waals surface area contributed by atoms with Gasteiger partial charge in [-0.3, -0.25) is 9.69 Å². The summed E-state index contributed by atoms with van der Waals surface area (Å²) < 4.78 is 5.89. The van der Waals surface area contributed by atoms with Crippen LogP contribution in [0.3, 0.4) is 0 Å². The van der Waals surface area contributed by atoms with E-state index in [0.717, 1.165) is 32.2 Å². The van der Waals surface area contributed by atoms with E-state index in [0.29, 0.717) is 13.0 Å². The molecular formula is C18H30N2O3. The highest BCUT2D eigenvalue weighted by Gasteiger charge is 2.35. The second-order valence-corrected chi connectivity index (χ2v) is 6.90. The molecule has 0 spiro atoms. The number of terminal acetylenes is 1. The van der Waals surface area contributed by atoms with Crippen LogP contribution >= 0.6 is 0 Å². The molecule has 1 saturated carbocycles. The summed E-state index contributed by atoms with van der Waals surface area (Å²) in [4.78, 5) is 14.5. The lowest BCUT2D eigenvalue weighted by molar-refractivity contribution is -0.159. The van der Waals surface area contributed by atoms with Gasteiger partial charge in [-0.2, -0.15) is 0 Å². The van der Waals surface area contributed by atoms with Gasteiger partial charge in [-0.25, -0.2) is 0 Å². The highest BCUT2D eigenvalue weighted by atomic mass is 16.5. The van der Waals surface area contributed by atoms with Gasteiger partial charge in [-0.1, -0.05) is 25.2 Å². The zero-order chi connectivity index (χ0) is 16.7. The Labute approximate surface area is 139 Å². The van der Waals surface area contributed by atoms with Crippen LogP contribution in [0.15, 0.2) is 0 Å². The summed E-state index contributed by atoms with van der Waals surface area (Å²) in [6.45, 7) is 1.45. The summed E-state index contributed by atoms with van der Waals surface area (Å²) in [6.07, 6.45) is 11.8. The zero-order valence-electron chi connectivity index (χ0n) is 14.2. The Morgan fingerprint density at radius 3 is 2.74 bits per heavy atom. The smallest absolute Gasteiger partial charge is 0.252 e. The van der Waals surface area contributed by atoms with Crippen molar-refractivity contribution in [3.05, 3.63) is 0 Å². The summed E-state index contributed by atoms with van der Waals surface area (Å²) >= 11 is 0. The van der Waals surface area contributed by atoms with E-state index in [4.69, 9.17) is 11.2 Å². The number of ether oxygens (including phenoxy) is 1. The van der Waals surface area contributed by atoms with Crippen LogP contribution in [0, 0.1) is 12.3 Å². The van der Waals surface area contributed by atoms with E-state index < -0.39 is 12.2 Å². The van der Waals surface area contributed by atoms with Crippen LogP contribution in [0.1, 0.15) is 51.4 Å². The first-order chi connectivity index (χ1) is 11.1. The Hall–Kier alpha value is -1.09. The number of rotatable bonds is 6. The van der Waals surface area contributed by atoms with Gasteiger partial charge in [0.05, 0.1) is 18.8 Å². The zero-order valence-corrected chi connectivity index (χ0v) is 14.2. The molecule has 0 aromatic heterocycles. The molecular weight excluding hydrogens is 292 g/mol. The fraction of sp³-hybridized carbons (Fsp3) is 0.833. The number of carbonyl (C=O) groups is 1. The molecule has 2 N–H and O–H groups in total. The van der Waals surface area contributed by atoms with E-state index in [-0.39, 0.29) is 18.1 Å². The van der Waals surface area contributed by atoms with Gasteiger partial charge in [0.2, 0.25) is 0 Å².